The van der Waals surface area contributed by atoms with E-state index in [-0.39, 0.29) is 23.2 Å². The normalized spacial score (nSPS) is 22.0. The Hall–Kier alpha value is -2.00. The molecule has 0 unspecified atom stereocenters. The summed E-state index contributed by atoms with van der Waals surface area (Å²) in [6.45, 7) is 3.55. The van der Waals surface area contributed by atoms with E-state index in [0.717, 1.165) is 12.1 Å². The van der Waals surface area contributed by atoms with E-state index in [9.17, 15) is 9.18 Å². The van der Waals surface area contributed by atoms with Gasteiger partial charge in [-0.1, -0.05) is 42.0 Å². The van der Waals surface area contributed by atoms with Crippen LogP contribution in [0.4, 0.5) is 4.39 Å². The molecule has 0 amide bonds. The van der Waals surface area contributed by atoms with Crippen molar-refractivity contribution in [2.24, 2.45) is 5.92 Å². The minimum atomic E-state index is -0.426. The standard InChI is InChI=1S/C19H20FNO/c1-13-7-9-14(10-8-13)16-11-21(2)12-17(16)19(22)15-5-3-4-6-18(15)20/h3-10,16-17H,11-12H2,1-2H3/t16-,17+/m0/s1. The van der Waals surface area contributed by atoms with Gasteiger partial charge in [0.2, 0.25) is 0 Å². The molecule has 1 saturated heterocycles. The summed E-state index contributed by atoms with van der Waals surface area (Å²) in [4.78, 5) is 14.9. The van der Waals surface area contributed by atoms with Crippen molar-refractivity contribution in [3.8, 4) is 0 Å². The lowest BCUT2D eigenvalue weighted by atomic mass is 9.83. The van der Waals surface area contributed by atoms with Crippen LogP contribution in [0.5, 0.6) is 0 Å². The first-order chi connectivity index (χ1) is 10.6. The highest BCUT2D eigenvalue weighted by atomic mass is 19.1. The molecule has 114 valence electrons. The van der Waals surface area contributed by atoms with Gasteiger partial charge in [-0.2, -0.15) is 0 Å². The van der Waals surface area contributed by atoms with E-state index in [0.29, 0.717) is 6.54 Å². The number of aryl methyl sites for hydroxylation is 1. The topological polar surface area (TPSA) is 20.3 Å². The Morgan fingerprint density at radius 1 is 1.09 bits per heavy atom. The number of ketones is 1. The average molecular weight is 297 g/mol. The number of carbonyl (C=O) groups excluding carboxylic acids is 1. The van der Waals surface area contributed by atoms with Gasteiger partial charge in [0.1, 0.15) is 5.82 Å². The maximum atomic E-state index is 13.9. The molecule has 2 atom stereocenters. The molecule has 0 spiro atoms. The van der Waals surface area contributed by atoms with Crippen LogP contribution >= 0.6 is 0 Å². The molecule has 1 aliphatic rings. The molecule has 0 bridgehead atoms. The molecule has 22 heavy (non-hydrogen) atoms. The van der Waals surface area contributed by atoms with Gasteiger partial charge in [-0.25, -0.2) is 4.39 Å². The van der Waals surface area contributed by atoms with Crippen LogP contribution in [0.2, 0.25) is 0 Å². The summed E-state index contributed by atoms with van der Waals surface area (Å²) in [6.07, 6.45) is 0. The molecule has 3 rings (SSSR count). The van der Waals surface area contributed by atoms with Crippen molar-refractivity contribution in [1.29, 1.82) is 0 Å². The first-order valence-electron chi connectivity index (χ1n) is 7.60. The molecule has 0 radical (unpaired) electrons. The number of hydrogen-bond acceptors (Lipinski definition) is 2. The third-order valence-electron chi connectivity index (χ3n) is 4.48. The molecule has 0 aromatic heterocycles. The zero-order valence-corrected chi connectivity index (χ0v) is 12.9. The van der Waals surface area contributed by atoms with Crippen molar-refractivity contribution in [1.82, 2.24) is 4.90 Å². The maximum Gasteiger partial charge on any atom is 0.170 e. The van der Waals surface area contributed by atoms with Crippen LogP contribution in [0.1, 0.15) is 27.4 Å². The van der Waals surface area contributed by atoms with Crippen molar-refractivity contribution in [2.45, 2.75) is 12.8 Å². The van der Waals surface area contributed by atoms with Crippen LogP contribution in [0.3, 0.4) is 0 Å². The van der Waals surface area contributed by atoms with Crippen LogP contribution in [-0.4, -0.2) is 30.8 Å². The Labute approximate surface area is 130 Å². The van der Waals surface area contributed by atoms with Gasteiger partial charge in [0.25, 0.3) is 0 Å². The van der Waals surface area contributed by atoms with Gasteiger partial charge in [0.15, 0.2) is 5.78 Å². The number of rotatable bonds is 3. The second-order valence-electron chi connectivity index (χ2n) is 6.19. The van der Waals surface area contributed by atoms with Crippen molar-refractivity contribution in [3.05, 3.63) is 71.0 Å². The lowest BCUT2D eigenvalue weighted by molar-refractivity contribution is 0.0911. The molecular weight excluding hydrogens is 277 g/mol. The Morgan fingerprint density at radius 2 is 1.77 bits per heavy atom. The number of likely N-dealkylation sites (tertiary alicyclic amines) is 1. The smallest absolute Gasteiger partial charge is 0.170 e. The number of likely N-dealkylation sites (N-methyl/N-ethyl adjacent to an activating group) is 1. The van der Waals surface area contributed by atoms with Gasteiger partial charge < -0.3 is 4.90 Å². The number of carbonyl (C=O) groups is 1. The summed E-state index contributed by atoms with van der Waals surface area (Å²) in [5, 5.41) is 0. The number of Topliss-reactive ketones (excluding diaryl/α,β-unsaturated/α-hetero) is 1. The Morgan fingerprint density at radius 3 is 2.45 bits per heavy atom. The van der Waals surface area contributed by atoms with E-state index < -0.39 is 5.82 Å². The van der Waals surface area contributed by atoms with Crippen molar-refractivity contribution < 1.29 is 9.18 Å². The van der Waals surface area contributed by atoms with E-state index in [4.69, 9.17) is 0 Å². The summed E-state index contributed by atoms with van der Waals surface area (Å²) >= 11 is 0. The van der Waals surface area contributed by atoms with Gasteiger partial charge in [0, 0.05) is 24.9 Å². The summed E-state index contributed by atoms with van der Waals surface area (Å²) in [6, 6.07) is 14.6. The molecule has 2 nitrogen and oxygen atoms in total. The number of hydrogen-bond donors (Lipinski definition) is 0. The zero-order valence-electron chi connectivity index (χ0n) is 12.9. The molecule has 1 heterocycles. The van der Waals surface area contributed by atoms with Crippen molar-refractivity contribution >= 4 is 5.78 Å². The Balaban J connectivity index is 1.92. The SMILES string of the molecule is Cc1ccc([C@@H]2CN(C)C[C@H]2C(=O)c2ccccc2F)cc1. The maximum absolute atomic E-state index is 13.9. The van der Waals surface area contributed by atoms with E-state index in [1.54, 1.807) is 18.2 Å². The van der Waals surface area contributed by atoms with Gasteiger partial charge >= 0.3 is 0 Å². The van der Waals surface area contributed by atoms with Crippen molar-refractivity contribution in [2.75, 3.05) is 20.1 Å². The van der Waals surface area contributed by atoms with E-state index in [2.05, 4.69) is 29.2 Å². The molecule has 1 fully saturated rings. The largest absolute Gasteiger partial charge is 0.305 e. The first-order valence-corrected chi connectivity index (χ1v) is 7.60. The highest BCUT2D eigenvalue weighted by Crippen LogP contribution is 2.34. The van der Waals surface area contributed by atoms with Crippen LogP contribution in [0.25, 0.3) is 0 Å². The number of nitrogens with zero attached hydrogens (tertiary/aromatic N) is 1. The second-order valence-corrected chi connectivity index (χ2v) is 6.19. The minimum absolute atomic E-state index is 0.0898. The summed E-state index contributed by atoms with van der Waals surface area (Å²) in [5.74, 6) is -0.583. The van der Waals surface area contributed by atoms with E-state index in [1.165, 1.54) is 11.6 Å². The fraction of sp³-hybridized carbons (Fsp3) is 0.316. The minimum Gasteiger partial charge on any atom is -0.305 e. The Kier molecular flexibility index (Phi) is 4.08. The second kappa shape index (κ2) is 6.01. The molecule has 0 saturated carbocycles. The highest BCUT2D eigenvalue weighted by molar-refractivity contribution is 5.99. The number of halogens is 1. The molecule has 2 aromatic rings. The third kappa shape index (κ3) is 2.81. The molecule has 2 aromatic carbocycles. The fourth-order valence-electron chi connectivity index (χ4n) is 3.28. The lowest BCUT2D eigenvalue weighted by Crippen LogP contribution is -2.23. The lowest BCUT2D eigenvalue weighted by Gasteiger charge is -2.18. The molecule has 3 heteroatoms. The third-order valence-corrected chi connectivity index (χ3v) is 4.48. The summed E-state index contributed by atoms with van der Waals surface area (Å²) in [5.41, 5.74) is 2.57. The van der Waals surface area contributed by atoms with Gasteiger partial charge in [-0.3, -0.25) is 4.79 Å². The molecular formula is C19H20FNO. The molecule has 0 N–H and O–H groups in total. The van der Waals surface area contributed by atoms with Crippen LogP contribution in [-0.2, 0) is 0 Å². The fourth-order valence-corrected chi connectivity index (χ4v) is 3.28. The first kappa shape index (κ1) is 14.9. The molecule has 1 aliphatic heterocycles. The van der Waals surface area contributed by atoms with E-state index in [1.807, 2.05) is 14.0 Å². The van der Waals surface area contributed by atoms with E-state index >= 15 is 0 Å². The number of benzene rings is 2. The average Bonchev–Trinajstić information content (AvgIpc) is 2.90. The van der Waals surface area contributed by atoms with Crippen LogP contribution < -0.4 is 0 Å². The summed E-state index contributed by atoms with van der Waals surface area (Å²) in [7, 11) is 2.01. The van der Waals surface area contributed by atoms with Gasteiger partial charge in [0.05, 0.1) is 5.56 Å². The Bertz CT molecular complexity index is 680. The predicted octanol–water partition coefficient (Wildman–Crippen LogP) is 3.66. The van der Waals surface area contributed by atoms with Crippen molar-refractivity contribution in [3.63, 3.8) is 0 Å². The summed E-state index contributed by atoms with van der Waals surface area (Å²) < 4.78 is 13.9. The predicted molar refractivity (Wildman–Crippen MR) is 85.6 cm³/mol. The monoisotopic (exact) mass is 297 g/mol. The highest BCUT2D eigenvalue weighted by Gasteiger charge is 2.37. The van der Waals surface area contributed by atoms with Gasteiger partial charge in [-0.05, 0) is 31.7 Å². The van der Waals surface area contributed by atoms with Crippen LogP contribution in [0.15, 0.2) is 48.5 Å². The zero-order chi connectivity index (χ0) is 15.7. The van der Waals surface area contributed by atoms with Crippen LogP contribution in [0, 0.1) is 18.7 Å². The molecule has 0 aliphatic carbocycles. The quantitative estimate of drug-likeness (QED) is 0.806. The van der Waals surface area contributed by atoms with Gasteiger partial charge in [-0.15, -0.1) is 0 Å².